The van der Waals surface area contributed by atoms with Crippen LogP contribution in [0.5, 0.6) is 5.75 Å². The summed E-state index contributed by atoms with van der Waals surface area (Å²) >= 11 is 0. The lowest BCUT2D eigenvalue weighted by Crippen LogP contribution is -2.45. The van der Waals surface area contributed by atoms with Gasteiger partial charge in [-0.25, -0.2) is 4.98 Å². The summed E-state index contributed by atoms with van der Waals surface area (Å²) in [4.78, 5) is 20.3. The van der Waals surface area contributed by atoms with E-state index in [0.717, 1.165) is 12.1 Å². The highest BCUT2D eigenvalue weighted by atomic mass is 19.4. The molecule has 10 heteroatoms. The van der Waals surface area contributed by atoms with Crippen LogP contribution < -0.4 is 15.2 Å². The molecule has 1 heterocycles. The maximum absolute atomic E-state index is 12.4. The molecule has 0 radical (unpaired) electrons. The lowest BCUT2D eigenvalue weighted by Gasteiger charge is -2.26. The number of rotatable bonds is 6. The average Bonchev–Trinajstić information content (AvgIpc) is 2.60. The second-order valence-corrected chi connectivity index (χ2v) is 5.87. The van der Waals surface area contributed by atoms with Crippen LogP contribution in [0.1, 0.15) is 30.0 Å². The maximum Gasteiger partial charge on any atom is 0.573 e. The minimum Gasteiger partial charge on any atom is -0.406 e. The molecule has 0 aliphatic heterocycles. The highest BCUT2D eigenvalue weighted by Gasteiger charge is 2.31. The number of halogens is 3. The number of hydrazine groups is 1. The summed E-state index contributed by atoms with van der Waals surface area (Å²) in [5, 5.41) is 10.4. The average molecular weight is 379 g/mol. The molecule has 0 aliphatic rings. The number of carbonyl (C=O) groups excluding carboxylic acids is 1. The number of hydrogen-bond acceptors (Lipinski definition) is 6. The number of nitriles is 1. The fourth-order valence-corrected chi connectivity index (χ4v) is 2.11. The molecule has 7 nitrogen and oxygen atoms in total. The number of anilines is 1. The Morgan fingerprint density at radius 2 is 1.96 bits per heavy atom. The normalized spacial score (nSPS) is 11.0. The summed E-state index contributed by atoms with van der Waals surface area (Å²) in [6, 6.07) is 7.87. The van der Waals surface area contributed by atoms with E-state index in [1.807, 2.05) is 19.9 Å². The fourth-order valence-electron chi connectivity index (χ4n) is 2.11. The monoisotopic (exact) mass is 379 g/mol. The standard InChI is InChI=1S/C17H16F3N5O2/c1-11(2)10-25(15-7-8-22-14(9-21)23-15)24-16(26)12-3-5-13(6-4-12)27-17(18,19)20/h3-8,11H,10H2,1-2H3,(H,24,26). The second-order valence-electron chi connectivity index (χ2n) is 5.87. The molecule has 0 spiro atoms. The first-order chi connectivity index (χ1) is 12.7. The van der Waals surface area contributed by atoms with Gasteiger partial charge in [-0.15, -0.1) is 13.2 Å². The first-order valence-electron chi connectivity index (χ1n) is 7.85. The molecule has 1 amide bonds. The smallest absolute Gasteiger partial charge is 0.406 e. The van der Waals surface area contributed by atoms with E-state index in [1.54, 1.807) is 0 Å². The van der Waals surface area contributed by atoms with Crippen molar-refractivity contribution in [3.8, 4) is 11.8 Å². The van der Waals surface area contributed by atoms with Crippen molar-refractivity contribution in [2.45, 2.75) is 20.2 Å². The molecule has 142 valence electrons. The van der Waals surface area contributed by atoms with E-state index in [4.69, 9.17) is 5.26 Å². The molecule has 1 aromatic carbocycles. The summed E-state index contributed by atoms with van der Waals surface area (Å²) in [6.45, 7) is 4.24. The van der Waals surface area contributed by atoms with Crippen molar-refractivity contribution in [2.75, 3.05) is 11.6 Å². The Labute approximate surface area is 153 Å². The van der Waals surface area contributed by atoms with Crippen LogP contribution in [0.4, 0.5) is 19.0 Å². The molecule has 1 N–H and O–H groups in total. The molecule has 27 heavy (non-hydrogen) atoms. The quantitative estimate of drug-likeness (QED) is 0.776. The van der Waals surface area contributed by atoms with Gasteiger partial charge in [-0.3, -0.25) is 15.2 Å². The van der Waals surface area contributed by atoms with E-state index in [2.05, 4.69) is 20.1 Å². The first-order valence-corrected chi connectivity index (χ1v) is 7.85. The molecule has 0 aliphatic carbocycles. The minimum absolute atomic E-state index is 0.0517. The van der Waals surface area contributed by atoms with Crippen molar-refractivity contribution in [1.29, 1.82) is 5.26 Å². The summed E-state index contributed by atoms with van der Waals surface area (Å²) in [6.07, 6.45) is -3.41. The Hall–Kier alpha value is -3.35. The summed E-state index contributed by atoms with van der Waals surface area (Å²) in [5.41, 5.74) is 2.76. The van der Waals surface area contributed by atoms with Gasteiger partial charge < -0.3 is 4.74 Å². The number of carbonyl (C=O) groups is 1. The number of nitrogens with zero attached hydrogens (tertiary/aromatic N) is 4. The summed E-state index contributed by atoms with van der Waals surface area (Å²) in [7, 11) is 0. The number of hydrogen-bond donors (Lipinski definition) is 1. The number of benzene rings is 1. The largest absolute Gasteiger partial charge is 0.573 e. The maximum atomic E-state index is 12.4. The van der Waals surface area contributed by atoms with Gasteiger partial charge in [0.25, 0.3) is 5.91 Å². The molecule has 2 aromatic rings. The van der Waals surface area contributed by atoms with Crippen molar-refractivity contribution in [3.05, 3.63) is 47.9 Å². The minimum atomic E-state index is -4.80. The molecule has 2 rings (SSSR count). The third kappa shape index (κ3) is 6.14. The molecular weight excluding hydrogens is 363 g/mol. The molecule has 1 aromatic heterocycles. The summed E-state index contributed by atoms with van der Waals surface area (Å²) < 4.78 is 40.4. The van der Waals surface area contributed by atoms with Crippen molar-refractivity contribution >= 4 is 11.7 Å². The third-order valence-corrected chi connectivity index (χ3v) is 3.15. The van der Waals surface area contributed by atoms with Gasteiger partial charge in [0, 0.05) is 24.4 Å². The third-order valence-electron chi connectivity index (χ3n) is 3.15. The topological polar surface area (TPSA) is 91.1 Å². The molecule has 0 fully saturated rings. The Bertz CT molecular complexity index is 832. The van der Waals surface area contributed by atoms with Gasteiger partial charge in [0.1, 0.15) is 11.8 Å². The van der Waals surface area contributed by atoms with Crippen LogP contribution in [0.2, 0.25) is 0 Å². The Morgan fingerprint density at radius 1 is 1.30 bits per heavy atom. The van der Waals surface area contributed by atoms with E-state index < -0.39 is 18.0 Å². The number of aromatic nitrogens is 2. The van der Waals surface area contributed by atoms with Gasteiger partial charge in [0.15, 0.2) is 5.82 Å². The van der Waals surface area contributed by atoms with E-state index in [1.165, 1.54) is 29.4 Å². The van der Waals surface area contributed by atoms with Crippen molar-refractivity contribution < 1.29 is 22.7 Å². The molecule has 0 saturated heterocycles. The predicted octanol–water partition coefficient (Wildman–Crippen LogP) is 3.05. The number of nitrogens with one attached hydrogen (secondary N) is 1. The van der Waals surface area contributed by atoms with Gasteiger partial charge in [0.2, 0.25) is 5.82 Å². The zero-order chi connectivity index (χ0) is 20.0. The lowest BCUT2D eigenvalue weighted by molar-refractivity contribution is -0.274. The number of ether oxygens (including phenoxy) is 1. The van der Waals surface area contributed by atoms with Gasteiger partial charge in [-0.05, 0) is 30.2 Å². The van der Waals surface area contributed by atoms with Gasteiger partial charge in [-0.1, -0.05) is 13.8 Å². The van der Waals surface area contributed by atoms with Crippen LogP contribution >= 0.6 is 0 Å². The lowest BCUT2D eigenvalue weighted by atomic mass is 10.2. The zero-order valence-corrected chi connectivity index (χ0v) is 14.5. The number of amides is 1. The Kier molecular flexibility index (Phi) is 6.18. The van der Waals surface area contributed by atoms with Crippen LogP contribution in [0.3, 0.4) is 0 Å². The van der Waals surface area contributed by atoms with Crippen molar-refractivity contribution in [2.24, 2.45) is 5.92 Å². The fraction of sp³-hybridized carbons (Fsp3) is 0.294. The van der Waals surface area contributed by atoms with Crippen LogP contribution in [-0.2, 0) is 0 Å². The SMILES string of the molecule is CC(C)CN(NC(=O)c1ccc(OC(F)(F)F)cc1)c1ccnc(C#N)n1. The van der Waals surface area contributed by atoms with Gasteiger partial charge in [-0.2, -0.15) is 10.2 Å². The van der Waals surface area contributed by atoms with Crippen LogP contribution in [0.25, 0.3) is 0 Å². The van der Waals surface area contributed by atoms with Gasteiger partial charge >= 0.3 is 6.36 Å². The molecular formula is C17H16F3N5O2. The van der Waals surface area contributed by atoms with E-state index in [9.17, 15) is 18.0 Å². The second kappa shape index (κ2) is 8.35. The Balaban J connectivity index is 2.17. The Morgan fingerprint density at radius 3 is 2.52 bits per heavy atom. The van der Waals surface area contributed by atoms with E-state index in [0.29, 0.717) is 12.4 Å². The molecule has 0 atom stereocenters. The highest BCUT2D eigenvalue weighted by molar-refractivity contribution is 5.95. The summed E-state index contributed by atoms with van der Waals surface area (Å²) in [5.74, 6) is -0.558. The zero-order valence-electron chi connectivity index (χ0n) is 14.5. The molecule has 0 saturated carbocycles. The van der Waals surface area contributed by atoms with Gasteiger partial charge in [0.05, 0.1) is 0 Å². The predicted molar refractivity (Wildman–Crippen MR) is 89.5 cm³/mol. The van der Waals surface area contributed by atoms with Crippen LogP contribution in [0, 0.1) is 17.2 Å². The number of alkyl halides is 3. The van der Waals surface area contributed by atoms with Crippen LogP contribution in [-0.4, -0.2) is 28.8 Å². The van der Waals surface area contributed by atoms with E-state index >= 15 is 0 Å². The molecule has 0 bridgehead atoms. The van der Waals surface area contributed by atoms with Crippen molar-refractivity contribution in [1.82, 2.24) is 15.4 Å². The van der Waals surface area contributed by atoms with Crippen molar-refractivity contribution in [3.63, 3.8) is 0 Å². The van der Waals surface area contributed by atoms with E-state index in [-0.39, 0.29) is 17.3 Å². The first kappa shape index (κ1) is 20.0. The molecule has 0 unspecified atom stereocenters. The van der Waals surface area contributed by atoms with Crippen LogP contribution in [0.15, 0.2) is 36.5 Å². The highest BCUT2D eigenvalue weighted by Crippen LogP contribution is 2.22.